The van der Waals surface area contributed by atoms with Crippen molar-refractivity contribution in [2.45, 2.75) is 24.2 Å². The van der Waals surface area contributed by atoms with Gasteiger partial charge in [-0.3, -0.25) is 9.59 Å². The van der Waals surface area contributed by atoms with Crippen LogP contribution in [0.25, 0.3) is 0 Å². The molecule has 0 aromatic heterocycles. The van der Waals surface area contributed by atoms with Crippen LogP contribution < -0.4 is 4.90 Å². The molecule has 124 valence electrons. The number of fused-ring (bicyclic) bond motifs is 1. The number of hydrogen-bond acceptors (Lipinski definition) is 3. The molecule has 1 aromatic rings. The molecule has 1 N–H and O–H groups in total. The topological polar surface area (TPSA) is 66.8 Å². The van der Waals surface area contributed by atoms with Gasteiger partial charge in [0, 0.05) is 10.7 Å². The summed E-state index contributed by atoms with van der Waals surface area (Å²) in [5.74, 6) is -2.83. The minimum atomic E-state index is -1.00. The first-order valence-electron chi connectivity index (χ1n) is 7.79. The molecule has 2 bridgehead atoms. The number of anilines is 1. The van der Waals surface area contributed by atoms with Gasteiger partial charge in [-0.05, 0) is 24.6 Å². The van der Waals surface area contributed by atoms with Crippen molar-refractivity contribution in [2.24, 2.45) is 11.8 Å². The molecule has 2 fully saturated rings. The summed E-state index contributed by atoms with van der Waals surface area (Å²) in [7, 11) is 0. The number of benzene rings is 1. The molecule has 1 aromatic carbocycles. The maximum atomic E-state index is 13.2. The molecule has 24 heavy (non-hydrogen) atoms. The molecule has 3 heterocycles. The number of ether oxygens (including phenoxy) is 1. The van der Waals surface area contributed by atoms with E-state index in [2.05, 4.69) is 6.58 Å². The number of carbonyl (C=O) groups excluding carboxylic acids is 1. The van der Waals surface area contributed by atoms with E-state index in [0.29, 0.717) is 17.1 Å². The lowest BCUT2D eigenvalue weighted by molar-refractivity contribution is -0.146. The van der Waals surface area contributed by atoms with Crippen molar-refractivity contribution in [2.75, 3.05) is 4.90 Å². The van der Waals surface area contributed by atoms with Crippen LogP contribution in [0.3, 0.4) is 0 Å². The average molecular weight is 346 g/mol. The number of nitrogens with zero attached hydrogens (tertiary/aromatic N) is 1. The van der Waals surface area contributed by atoms with Crippen LogP contribution in [0.1, 0.15) is 6.42 Å². The maximum absolute atomic E-state index is 13.2. The first-order chi connectivity index (χ1) is 11.5. The molecule has 0 aliphatic carbocycles. The molecule has 0 unspecified atom stereocenters. The fraction of sp³-hybridized carbons (Fsp3) is 0.333. The first kappa shape index (κ1) is 15.4. The molecule has 1 amide bonds. The van der Waals surface area contributed by atoms with Gasteiger partial charge >= 0.3 is 5.97 Å². The molecule has 4 rings (SSSR count). The largest absolute Gasteiger partial charge is 0.481 e. The van der Waals surface area contributed by atoms with E-state index in [-0.39, 0.29) is 11.9 Å². The van der Waals surface area contributed by atoms with Gasteiger partial charge in [-0.1, -0.05) is 35.9 Å². The molecule has 5 atom stereocenters. The van der Waals surface area contributed by atoms with Gasteiger partial charge in [0.25, 0.3) is 0 Å². The number of carboxylic acids is 1. The van der Waals surface area contributed by atoms with Crippen molar-refractivity contribution < 1.29 is 19.4 Å². The van der Waals surface area contributed by atoms with E-state index in [1.54, 1.807) is 41.3 Å². The van der Waals surface area contributed by atoms with Gasteiger partial charge in [-0.15, -0.1) is 6.58 Å². The van der Waals surface area contributed by atoms with Gasteiger partial charge in [0.1, 0.15) is 11.5 Å². The molecule has 6 heteroatoms. The maximum Gasteiger partial charge on any atom is 0.310 e. The second-order valence-corrected chi connectivity index (χ2v) is 6.80. The molecule has 3 aliphatic rings. The average Bonchev–Trinajstić information content (AvgIpc) is 3.17. The van der Waals surface area contributed by atoms with Crippen molar-refractivity contribution in [1.29, 1.82) is 0 Å². The summed E-state index contributed by atoms with van der Waals surface area (Å²) in [5.41, 5.74) is -0.269. The van der Waals surface area contributed by atoms with Crippen molar-refractivity contribution in [3.05, 3.63) is 54.1 Å². The summed E-state index contributed by atoms with van der Waals surface area (Å²) in [5, 5.41) is 10.1. The quantitative estimate of drug-likeness (QED) is 0.852. The summed E-state index contributed by atoms with van der Waals surface area (Å²) in [4.78, 5) is 26.5. The van der Waals surface area contributed by atoms with Crippen LogP contribution in [0.4, 0.5) is 5.69 Å². The second kappa shape index (κ2) is 5.19. The lowest BCUT2D eigenvalue weighted by Gasteiger charge is -2.32. The molecular formula is C18H16ClNO4. The highest BCUT2D eigenvalue weighted by molar-refractivity contribution is 6.31. The molecule has 5 nitrogen and oxygen atoms in total. The van der Waals surface area contributed by atoms with Gasteiger partial charge < -0.3 is 14.7 Å². The minimum absolute atomic E-state index is 0.233. The molecular weight excluding hydrogens is 330 g/mol. The van der Waals surface area contributed by atoms with Gasteiger partial charge in [0.05, 0.1) is 18.1 Å². The van der Waals surface area contributed by atoms with Crippen molar-refractivity contribution in [3.8, 4) is 0 Å². The predicted octanol–water partition coefficient (Wildman–Crippen LogP) is 2.66. The Kier molecular flexibility index (Phi) is 3.34. The zero-order valence-corrected chi connectivity index (χ0v) is 13.5. The number of hydrogen-bond donors (Lipinski definition) is 1. The molecule has 3 aliphatic heterocycles. The van der Waals surface area contributed by atoms with E-state index in [1.807, 2.05) is 6.08 Å². The number of rotatable bonds is 4. The summed E-state index contributed by atoms with van der Waals surface area (Å²) in [6.07, 6.45) is 5.30. The lowest BCUT2D eigenvalue weighted by atomic mass is 9.74. The lowest BCUT2D eigenvalue weighted by Crippen LogP contribution is -2.45. The van der Waals surface area contributed by atoms with Crippen LogP contribution >= 0.6 is 11.6 Å². The van der Waals surface area contributed by atoms with Crippen LogP contribution in [0.2, 0.25) is 5.02 Å². The minimum Gasteiger partial charge on any atom is -0.481 e. The van der Waals surface area contributed by atoms with Crippen LogP contribution in [-0.4, -0.2) is 34.7 Å². The number of amides is 1. The van der Waals surface area contributed by atoms with E-state index in [4.69, 9.17) is 16.3 Å². The Morgan fingerprint density at radius 2 is 2.29 bits per heavy atom. The zero-order valence-electron chi connectivity index (χ0n) is 12.8. The monoisotopic (exact) mass is 345 g/mol. The highest BCUT2D eigenvalue weighted by atomic mass is 35.5. The second-order valence-electron chi connectivity index (χ2n) is 6.37. The van der Waals surface area contributed by atoms with Gasteiger partial charge in [-0.25, -0.2) is 0 Å². The van der Waals surface area contributed by atoms with E-state index in [1.165, 1.54) is 0 Å². The predicted molar refractivity (Wildman–Crippen MR) is 88.9 cm³/mol. The van der Waals surface area contributed by atoms with E-state index < -0.39 is 29.5 Å². The number of aliphatic carboxylic acids is 1. The Morgan fingerprint density at radius 3 is 2.96 bits per heavy atom. The third-order valence-corrected chi connectivity index (χ3v) is 5.42. The molecule has 2 saturated heterocycles. The highest BCUT2D eigenvalue weighted by Crippen LogP contribution is 2.56. The zero-order chi connectivity index (χ0) is 17.1. The first-order valence-corrected chi connectivity index (χ1v) is 8.17. The third kappa shape index (κ3) is 1.85. The van der Waals surface area contributed by atoms with Crippen molar-refractivity contribution in [1.82, 2.24) is 0 Å². The van der Waals surface area contributed by atoms with E-state index in [0.717, 1.165) is 0 Å². The van der Waals surface area contributed by atoms with E-state index in [9.17, 15) is 14.7 Å². The number of halogens is 1. The molecule has 1 spiro atoms. The SMILES string of the molecule is C=CC[C@@H]1N(c2cccc(Cl)c2)C(=O)[C@H]2[C@@H](C(=O)O)[C@@H]3C=C[C@@]12O3. The fourth-order valence-electron chi connectivity index (χ4n) is 4.31. The van der Waals surface area contributed by atoms with Gasteiger partial charge in [-0.2, -0.15) is 0 Å². The van der Waals surface area contributed by atoms with Gasteiger partial charge in [0.15, 0.2) is 0 Å². The standard InChI is InChI=1S/C18H16ClNO4/c1-2-4-13-18-8-7-12(24-18)14(17(22)23)15(18)16(21)20(13)11-6-3-5-10(19)9-11/h2-3,5-9,12-15H,1,4H2,(H,22,23)/t12-,13-,14-,15+,18+/m0/s1. The van der Waals surface area contributed by atoms with Gasteiger partial charge in [0.2, 0.25) is 5.91 Å². The van der Waals surface area contributed by atoms with E-state index >= 15 is 0 Å². The van der Waals surface area contributed by atoms with Crippen LogP contribution in [0.15, 0.2) is 49.1 Å². The number of carbonyl (C=O) groups is 2. The van der Waals surface area contributed by atoms with Crippen LogP contribution in [0.5, 0.6) is 0 Å². The Bertz CT molecular complexity index is 776. The van der Waals surface area contributed by atoms with Crippen LogP contribution in [-0.2, 0) is 14.3 Å². The summed E-state index contributed by atoms with van der Waals surface area (Å²) >= 11 is 6.07. The summed E-state index contributed by atoms with van der Waals surface area (Å²) in [6, 6.07) is 6.67. The Hall–Kier alpha value is -2.11. The van der Waals surface area contributed by atoms with Crippen molar-refractivity contribution >= 4 is 29.2 Å². The van der Waals surface area contributed by atoms with Crippen LogP contribution in [0, 0.1) is 11.8 Å². The highest BCUT2D eigenvalue weighted by Gasteiger charge is 2.71. The Morgan fingerprint density at radius 1 is 1.50 bits per heavy atom. The van der Waals surface area contributed by atoms with Crippen molar-refractivity contribution in [3.63, 3.8) is 0 Å². The number of carboxylic acid groups (broad SMARTS) is 1. The summed E-state index contributed by atoms with van der Waals surface area (Å²) in [6.45, 7) is 3.78. The normalized spacial score (nSPS) is 36.2. The molecule has 0 saturated carbocycles. The summed E-state index contributed by atoms with van der Waals surface area (Å²) < 4.78 is 6.04. The Labute approximate surface area is 144 Å². The molecule has 0 radical (unpaired) electrons. The Balaban J connectivity index is 1.85. The smallest absolute Gasteiger partial charge is 0.310 e. The third-order valence-electron chi connectivity index (χ3n) is 5.18. The fourth-order valence-corrected chi connectivity index (χ4v) is 4.50.